The maximum absolute atomic E-state index is 12.0. The molecule has 1 aliphatic rings. The lowest BCUT2D eigenvalue weighted by Gasteiger charge is -2.22. The number of nitrogens with zero attached hydrogens (tertiary/aromatic N) is 1. The smallest absolute Gasteiger partial charge is 0.257 e. The van der Waals surface area contributed by atoms with Crippen LogP contribution < -0.4 is 11.1 Å². The van der Waals surface area contributed by atoms with E-state index in [1.807, 2.05) is 0 Å². The molecule has 0 spiro atoms. The van der Waals surface area contributed by atoms with E-state index in [0.717, 1.165) is 0 Å². The fourth-order valence-electron chi connectivity index (χ4n) is 2.13. The van der Waals surface area contributed by atoms with Gasteiger partial charge in [-0.2, -0.15) is 5.10 Å². The summed E-state index contributed by atoms with van der Waals surface area (Å²) < 4.78 is 22.9. The molecule has 1 aliphatic heterocycles. The van der Waals surface area contributed by atoms with E-state index in [1.165, 1.54) is 0 Å². The van der Waals surface area contributed by atoms with E-state index >= 15 is 0 Å². The summed E-state index contributed by atoms with van der Waals surface area (Å²) in [5, 5.41) is 9.05. The molecular weight excluding hydrogens is 256 g/mol. The van der Waals surface area contributed by atoms with E-state index < -0.39 is 9.84 Å². The van der Waals surface area contributed by atoms with Crippen molar-refractivity contribution in [3.05, 3.63) is 11.3 Å². The summed E-state index contributed by atoms with van der Waals surface area (Å²) in [7, 11) is -3.04. The van der Waals surface area contributed by atoms with E-state index in [1.54, 1.807) is 6.92 Å². The van der Waals surface area contributed by atoms with Crippen molar-refractivity contribution in [1.82, 2.24) is 15.5 Å². The molecule has 8 heteroatoms. The van der Waals surface area contributed by atoms with Gasteiger partial charge in [-0.1, -0.05) is 0 Å². The SMILES string of the molecule is Cc1[nH]nc(N)c1C(=O)NC1CCCS(=O)(=O)C1. The maximum atomic E-state index is 12.0. The van der Waals surface area contributed by atoms with Crippen LogP contribution in [-0.2, 0) is 9.84 Å². The lowest BCUT2D eigenvalue weighted by Crippen LogP contribution is -2.43. The van der Waals surface area contributed by atoms with Crippen LogP contribution >= 0.6 is 0 Å². The summed E-state index contributed by atoms with van der Waals surface area (Å²) in [6.45, 7) is 1.69. The zero-order valence-corrected chi connectivity index (χ0v) is 10.9. The van der Waals surface area contributed by atoms with Gasteiger partial charge in [-0.25, -0.2) is 8.42 Å². The van der Waals surface area contributed by atoms with Crippen molar-refractivity contribution >= 4 is 21.6 Å². The second-order valence-electron chi connectivity index (χ2n) is 4.54. The average molecular weight is 272 g/mol. The first kappa shape index (κ1) is 12.9. The Bertz CT molecular complexity index is 544. The van der Waals surface area contributed by atoms with Crippen LogP contribution in [0.25, 0.3) is 0 Å². The van der Waals surface area contributed by atoms with E-state index in [9.17, 15) is 13.2 Å². The molecule has 7 nitrogen and oxygen atoms in total. The third-order valence-corrected chi connectivity index (χ3v) is 4.82. The highest BCUT2D eigenvalue weighted by molar-refractivity contribution is 7.91. The van der Waals surface area contributed by atoms with Gasteiger partial charge in [-0.15, -0.1) is 0 Å². The molecule has 1 fully saturated rings. The molecule has 0 radical (unpaired) electrons. The average Bonchev–Trinajstić information content (AvgIpc) is 2.57. The molecule has 0 bridgehead atoms. The molecule has 0 saturated carbocycles. The highest BCUT2D eigenvalue weighted by atomic mass is 32.2. The van der Waals surface area contributed by atoms with Crippen LogP contribution in [0.2, 0.25) is 0 Å². The van der Waals surface area contributed by atoms with Gasteiger partial charge in [-0.05, 0) is 19.8 Å². The number of aryl methyl sites for hydroxylation is 1. The number of nitrogens with one attached hydrogen (secondary N) is 2. The zero-order valence-electron chi connectivity index (χ0n) is 10.1. The number of nitrogens with two attached hydrogens (primary N) is 1. The number of hydrogen-bond acceptors (Lipinski definition) is 5. The van der Waals surface area contributed by atoms with Crippen LogP contribution in [0.4, 0.5) is 5.82 Å². The van der Waals surface area contributed by atoms with Gasteiger partial charge in [0.15, 0.2) is 15.7 Å². The number of sulfone groups is 1. The lowest BCUT2D eigenvalue weighted by molar-refractivity contribution is 0.0938. The molecule has 100 valence electrons. The Morgan fingerprint density at radius 2 is 2.28 bits per heavy atom. The molecule has 18 heavy (non-hydrogen) atoms. The quantitative estimate of drug-likeness (QED) is 0.677. The van der Waals surface area contributed by atoms with Crippen LogP contribution in [0.5, 0.6) is 0 Å². The van der Waals surface area contributed by atoms with E-state index in [4.69, 9.17) is 5.73 Å². The van der Waals surface area contributed by atoms with Gasteiger partial charge >= 0.3 is 0 Å². The Kier molecular flexibility index (Phi) is 3.29. The van der Waals surface area contributed by atoms with Crippen LogP contribution in [0.3, 0.4) is 0 Å². The van der Waals surface area contributed by atoms with Crippen molar-refractivity contribution in [2.45, 2.75) is 25.8 Å². The second-order valence-corrected chi connectivity index (χ2v) is 6.76. The normalized spacial score (nSPS) is 22.6. The van der Waals surface area contributed by atoms with Crippen molar-refractivity contribution in [2.75, 3.05) is 17.2 Å². The van der Waals surface area contributed by atoms with Gasteiger partial charge < -0.3 is 11.1 Å². The molecule has 4 N–H and O–H groups in total. The molecule has 0 aromatic carbocycles. The minimum absolute atomic E-state index is 0.00442. The predicted octanol–water partition coefficient (Wildman–Crippen LogP) is -0.393. The zero-order chi connectivity index (χ0) is 13.3. The Hall–Kier alpha value is -1.57. The highest BCUT2D eigenvalue weighted by Gasteiger charge is 2.27. The predicted molar refractivity (Wildman–Crippen MR) is 66.9 cm³/mol. The third kappa shape index (κ3) is 2.63. The van der Waals surface area contributed by atoms with Gasteiger partial charge in [0.1, 0.15) is 5.56 Å². The summed E-state index contributed by atoms with van der Waals surface area (Å²) in [6, 6.07) is -0.343. The summed E-state index contributed by atoms with van der Waals surface area (Å²) in [4.78, 5) is 12.0. The lowest BCUT2D eigenvalue weighted by atomic mass is 10.1. The fraction of sp³-hybridized carbons (Fsp3) is 0.600. The number of aromatic amines is 1. The summed E-state index contributed by atoms with van der Waals surface area (Å²) in [5.41, 5.74) is 6.44. The van der Waals surface area contributed by atoms with Crippen molar-refractivity contribution in [3.63, 3.8) is 0 Å². The molecule has 1 aromatic rings. The number of hydrogen-bond donors (Lipinski definition) is 3. The molecule has 1 saturated heterocycles. The number of amides is 1. The number of rotatable bonds is 2. The van der Waals surface area contributed by atoms with E-state index in [0.29, 0.717) is 18.5 Å². The highest BCUT2D eigenvalue weighted by Crippen LogP contribution is 2.15. The van der Waals surface area contributed by atoms with E-state index in [2.05, 4.69) is 15.5 Å². The molecule has 1 unspecified atom stereocenters. The van der Waals surface area contributed by atoms with Crippen molar-refractivity contribution in [1.29, 1.82) is 0 Å². The monoisotopic (exact) mass is 272 g/mol. The Morgan fingerprint density at radius 3 is 2.83 bits per heavy atom. The van der Waals surface area contributed by atoms with Crippen LogP contribution in [0.15, 0.2) is 0 Å². The summed E-state index contributed by atoms with van der Waals surface area (Å²) in [6.07, 6.45) is 1.24. The Labute approximate surface area is 105 Å². The largest absolute Gasteiger partial charge is 0.382 e. The van der Waals surface area contributed by atoms with Gasteiger partial charge in [0, 0.05) is 11.7 Å². The van der Waals surface area contributed by atoms with Crippen LogP contribution in [0, 0.1) is 6.92 Å². The number of carbonyl (C=O) groups excluding carboxylic acids is 1. The minimum Gasteiger partial charge on any atom is -0.382 e. The number of anilines is 1. The topological polar surface area (TPSA) is 118 Å². The van der Waals surface area contributed by atoms with Gasteiger partial charge in [-0.3, -0.25) is 9.89 Å². The summed E-state index contributed by atoms with van der Waals surface area (Å²) >= 11 is 0. The second kappa shape index (κ2) is 4.60. The van der Waals surface area contributed by atoms with Gasteiger partial charge in [0.2, 0.25) is 0 Å². The van der Waals surface area contributed by atoms with Crippen LogP contribution in [0.1, 0.15) is 28.9 Å². The standard InChI is InChI=1S/C10H16N4O3S/c1-6-8(9(11)14-13-6)10(15)12-7-3-2-4-18(16,17)5-7/h7H,2-5H2,1H3,(H,12,15)(H3,11,13,14). The van der Waals surface area contributed by atoms with E-state index in [-0.39, 0.29) is 34.8 Å². The molecule has 1 atom stereocenters. The maximum Gasteiger partial charge on any atom is 0.257 e. The Balaban J connectivity index is 2.08. The number of carbonyl (C=O) groups is 1. The van der Waals surface area contributed by atoms with Crippen molar-refractivity contribution in [3.8, 4) is 0 Å². The first-order chi connectivity index (χ1) is 8.39. The summed E-state index contributed by atoms with van der Waals surface area (Å²) in [5.74, 6) is -0.0496. The number of nitrogen functional groups attached to an aromatic ring is 1. The molecule has 2 heterocycles. The van der Waals surface area contributed by atoms with Crippen LogP contribution in [-0.4, -0.2) is 42.1 Å². The fourth-order valence-corrected chi connectivity index (χ4v) is 3.77. The first-order valence-corrected chi connectivity index (χ1v) is 7.53. The number of aromatic nitrogens is 2. The minimum atomic E-state index is -3.04. The molecule has 0 aliphatic carbocycles. The first-order valence-electron chi connectivity index (χ1n) is 5.71. The molecule has 1 aromatic heterocycles. The molecule has 2 rings (SSSR count). The van der Waals surface area contributed by atoms with Gasteiger partial charge in [0.25, 0.3) is 5.91 Å². The molecule has 1 amide bonds. The van der Waals surface area contributed by atoms with Gasteiger partial charge in [0.05, 0.1) is 11.5 Å². The van der Waals surface area contributed by atoms with Crippen molar-refractivity contribution in [2.24, 2.45) is 0 Å². The Morgan fingerprint density at radius 1 is 1.56 bits per heavy atom. The molecular formula is C10H16N4O3S. The van der Waals surface area contributed by atoms with Crippen molar-refractivity contribution < 1.29 is 13.2 Å². The third-order valence-electron chi connectivity index (χ3n) is 3.00. The number of H-pyrrole nitrogens is 1.